The predicted molar refractivity (Wildman–Crippen MR) is 113 cm³/mol. The largest absolute Gasteiger partial charge is 0.493 e. The van der Waals surface area contributed by atoms with E-state index in [0.717, 1.165) is 10.4 Å². The molecule has 2 atom stereocenters. The summed E-state index contributed by atoms with van der Waals surface area (Å²) in [5, 5.41) is 3.18. The molecule has 1 fully saturated rings. The van der Waals surface area contributed by atoms with Crippen LogP contribution in [0.3, 0.4) is 0 Å². The second kappa shape index (κ2) is 9.41. The van der Waals surface area contributed by atoms with E-state index in [1.807, 2.05) is 32.0 Å². The van der Waals surface area contributed by atoms with E-state index in [9.17, 15) is 9.59 Å². The van der Waals surface area contributed by atoms with Gasteiger partial charge in [-0.05, 0) is 30.0 Å². The lowest BCUT2D eigenvalue weighted by atomic mass is 10.0. The molecule has 1 saturated heterocycles. The van der Waals surface area contributed by atoms with Gasteiger partial charge in [0, 0.05) is 10.9 Å². The number of hydrogen-bond acceptors (Lipinski definition) is 9. The second-order valence-corrected chi connectivity index (χ2v) is 8.14. The van der Waals surface area contributed by atoms with E-state index < -0.39 is 12.0 Å². The highest BCUT2D eigenvalue weighted by molar-refractivity contribution is 7.16. The third-order valence-electron chi connectivity index (χ3n) is 4.82. The molecule has 1 aromatic carbocycles. The van der Waals surface area contributed by atoms with Gasteiger partial charge in [-0.25, -0.2) is 20.6 Å². The van der Waals surface area contributed by atoms with Crippen molar-refractivity contribution in [3.05, 3.63) is 34.3 Å². The smallest absolute Gasteiger partial charge is 0.357 e. The summed E-state index contributed by atoms with van der Waals surface area (Å²) in [7, 11) is 4.48. The van der Waals surface area contributed by atoms with Crippen LogP contribution in [0.25, 0.3) is 0 Å². The van der Waals surface area contributed by atoms with Crippen molar-refractivity contribution in [2.24, 2.45) is 0 Å². The van der Waals surface area contributed by atoms with Crippen molar-refractivity contribution >= 4 is 28.3 Å². The predicted octanol–water partition coefficient (Wildman–Crippen LogP) is 2.62. The maximum Gasteiger partial charge on any atom is 0.357 e. The van der Waals surface area contributed by atoms with Crippen molar-refractivity contribution in [1.29, 1.82) is 0 Å². The summed E-state index contributed by atoms with van der Waals surface area (Å²) in [6.45, 7) is 3.92. The number of carbonyl (C=O) groups excluding carboxylic acids is 2. The van der Waals surface area contributed by atoms with Gasteiger partial charge in [0.2, 0.25) is 5.91 Å². The number of esters is 1. The van der Waals surface area contributed by atoms with Crippen LogP contribution in [0, 0.1) is 0 Å². The Kier molecular flexibility index (Phi) is 6.91. The molecule has 3 rings (SSSR count). The molecule has 1 aromatic heterocycles. The number of thiazole rings is 1. The van der Waals surface area contributed by atoms with Crippen LogP contribution >= 0.6 is 11.3 Å². The van der Waals surface area contributed by atoms with Crippen LogP contribution in [0.1, 0.15) is 53.2 Å². The average Bonchev–Trinajstić information content (AvgIpc) is 3.40. The highest BCUT2D eigenvalue weighted by Crippen LogP contribution is 2.33. The highest BCUT2D eigenvalue weighted by Gasteiger charge is 2.31. The fourth-order valence-electron chi connectivity index (χ4n) is 3.23. The monoisotopic (exact) mass is 434 g/mol. The summed E-state index contributed by atoms with van der Waals surface area (Å²) in [5.41, 5.74) is 7.38. The zero-order valence-electron chi connectivity index (χ0n) is 17.6. The number of amides is 1. The van der Waals surface area contributed by atoms with Gasteiger partial charge in [-0.15, -0.1) is 11.3 Å². The number of hydrogen-bond donors (Lipinski definition) is 3. The molecule has 1 aliphatic heterocycles. The maximum absolute atomic E-state index is 12.7. The van der Waals surface area contributed by atoms with E-state index >= 15 is 0 Å². The number of rotatable bonds is 7. The van der Waals surface area contributed by atoms with Crippen molar-refractivity contribution in [3.63, 3.8) is 0 Å². The molecule has 1 aliphatic rings. The number of aromatic nitrogens is 1. The highest BCUT2D eigenvalue weighted by atomic mass is 32.1. The zero-order valence-corrected chi connectivity index (χ0v) is 18.4. The topological polar surface area (TPSA) is 111 Å². The van der Waals surface area contributed by atoms with E-state index in [-0.39, 0.29) is 23.6 Å². The van der Waals surface area contributed by atoms with Crippen LogP contribution in [-0.2, 0) is 9.53 Å². The minimum absolute atomic E-state index is 0.0753. The van der Waals surface area contributed by atoms with Crippen LogP contribution < -0.4 is 25.6 Å². The molecule has 0 bridgehead atoms. The number of benzene rings is 1. The first-order chi connectivity index (χ1) is 14.4. The minimum Gasteiger partial charge on any atom is -0.493 e. The molecule has 3 N–H and O–H groups in total. The molecule has 162 valence electrons. The van der Waals surface area contributed by atoms with E-state index in [1.54, 1.807) is 14.2 Å². The number of hydrazine groups is 1. The van der Waals surface area contributed by atoms with Crippen LogP contribution in [0.2, 0.25) is 0 Å². The Morgan fingerprint density at radius 2 is 1.90 bits per heavy atom. The Hall–Kier alpha value is -2.69. The standard InChI is InChI=1S/C20H26N4O5S/c1-10(2)17-16(19(26)29-5)21-20(30-17)22-18(25)13-9-12(23-24-13)11-6-7-14(27-3)15(8-11)28-4/h6-8,10,12-13,23-24H,9H2,1-5H3,(H,21,22,25). The van der Waals surface area contributed by atoms with Crippen LogP contribution in [0.4, 0.5) is 5.13 Å². The quantitative estimate of drug-likeness (QED) is 0.571. The van der Waals surface area contributed by atoms with E-state index in [2.05, 4.69) is 21.2 Å². The summed E-state index contributed by atoms with van der Waals surface area (Å²) in [6.07, 6.45) is 0.535. The molecule has 2 aromatic rings. The summed E-state index contributed by atoms with van der Waals surface area (Å²) < 4.78 is 15.4. The molecule has 2 heterocycles. The first-order valence-corrected chi connectivity index (χ1v) is 10.3. The van der Waals surface area contributed by atoms with Crippen LogP contribution in [0.15, 0.2) is 18.2 Å². The van der Waals surface area contributed by atoms with Gasteiger partial charge in [0.05, 0.1) is 21.3 Å². The first kappa shape index (κ1) is 22.0. The number of methoxy groups -OCH3 is 3. The Labute approximate surface area is 179 Å². The Balaban J connectivity index is 1.69. The molecular weight excluding hydrogens is 408 g/mol. The van der Waals surface area contributed by atoms with Crippen molar-refractivity contribution in [2.75, 3.05) is 26.6 Å². The Morgan fingerprint density at radius 3 is 2.53 bits per heavy atom. The van der Waals surface area contributed by atoms with Crippen LogP contribution in [0.5, 0.6) is 11.5 Å². The molecule has 2 unspecified atom stereocenters. The van der Waals surface area contributed by atoms with Crippen molar-refractivity contribution in [2.45, 2.75) is 38.3 Å². The fourth-order valence-corrected chi connectivity index (χ4v) is 4.19. The molecule has 0 saturated carbocycles. The lowest BCUT2D eigenvalue weighted by Crippen LogP contribution is -2.39. The number of anilines is 1. The van der Waals surface area contributed by atoms with Gasteiger partial charge < -0.3 is 19.5 Å². The van der Waals surface area contributed by atoms with E-state index in [1.165, 1.54) is 18.4 Å². The molecule has 9 nitrogen and oxygen atoms in total. The number of ether oxygens (including phenoxy) is 3. The Bertz CT molecular complexity index is 930. The van der Waals surface area contributed by atoms with Gasteiger partial charge in [-0.2, -0.15) is 0 Å². The van der Waals surface area contributed by atoms with Gasteiger partial charge in [0.25, 0.3) is 0 Å². The second-order valence-electron chi connectivity index (χ2n) is 7.11. The molecule has 30 heavy (non-hydrogen) atoms. The average molecular weight is 435 g/mol. The summed E-state index contributed by atoms with van der Waals surface area (Å²) in [4.78, 5) is 29.7. The van der Waals surface area contributed by atoms with Gasteiger partial charge in [-0.3, -0.25) is 4.79 Å². The maximum atomic E-state index is 12.7. The Morgan fingerprint density at radius 1 is 1.17 bits per heavy atom. The lowest BCUT2D eigenvalue weighted by molar-refractivity contribution is -0.117. The van der Waals surface area contributed by atoms with Crippen molar-refractivity contribution < 1.29 is 23.8 Å². The number of nitrogens with one attached hydrogen (secondary N) is 3. The molecule has 1 amide bonds. The third kappa shape index (κ3) is 4.55. The van der Waals surface area contributed by atoms with E-state index in [4.69, 9.17) is 14.2 Å². The fraction of sp³-hybridized carbons (Fsp3) is 0.450. The van der Waals surface area contributed by atoms with Crippen LogP contribution in [-0.4, -0.2) is 44.2 Å². The zero-order chi connectivity index (χ0) is 21.8. The SMILES string of the molecule is COC(=O)c1nc(NC(=O)C2CC(c3ccc(OC)c(OC)c3)NN2)sc1C(C)C. The number of nitrogens with zero attached hydrogens (tertiary/aromatic N) is 1. The van der Waals surface area contributed by atoms with Gasteiger partial charge in [0.15, 0.2) is 22.3 Å². The molecule has 0 radical (unpaired) electrons. The minimum atomic E-state index is -0.510. The van der Waals surface area contributed by atoms with E-state index in [0.29, 0.717) is 23.1 Å². The molecule has 0 spiro atoms. The van der Waals surface area contributed by atoms with Gasteiger partial charge in [-0.1, -0.05) is 19.9 Å². The van der Waals surface area contributed by atoms with Gasteiger partial charge >= 0.3 is 5.97 Å². The van der Waals surface area contributed by atoms with Gasteiger partial charge in [0.1, 0.15) is 6.04 Å². The molecular formula is C20H26N4O5S. The molecule has 0 aliphatic carbocycles. The first-order valence-electron chi connectivity index (χ1n) is 9.50. The summed E-state index contributed by atoms with van der Waals surface area (Å²) in [5.74, 6) is 0.621. The molecule has 10 heteroatoms. The summed E-state index contributed by atoms with van der Waals surface area (Å²) in [6, 6.07) is 5.11. The third-order valence-corrected chi connectivity index (χ3v) is 6.09. The normalized spacial score (nSPS) is 18.3. The van der Waals surface area contributed by atoms with Crippen molar-refractivity contribution in [3.8, 4) is 11.5 Å². The number of carbonyl (C=O) groups is 2. The lowest BCUT2D eigenvalue weighted by Gasteiger charge is -2.13. The summed E-state index contributed by atoms with van der Waals surface area (Å²) >= 11 is 1.28. The van der Waals surface area contributed by atoms with Crippen molar-refractivity contribution in [1.82, 2.24) is 15.8 Å².